The van der Waals surface area contributed by atoms with Crippen LogP contribution in [0.1, 0.15) is 24.5 Å². The third kappa shape index (κ3) is 4.08. The van der Waals surface area contributed by atoms with Crippen LogP contribution in [0, 0.1) is 5.92 Å². The highest BCUT2D eigenvalue weighted by atomic mass is 28.4. The van der Waals surface area contributed by atoms with Crippen molar-refractivity contribution in [2.45, 2.75) is 50.2 Å². The minimum Gasteiger partial charge on any atom is -0.395 e. The van der Waals surface area contributed by atoms with Crippen LogP contribution in [0.5, 0.6) is 0 Å². The largest absolute Gasteiger partial charge is 0.395 e. The molecule has 1 spiro atoms. The van der Waals surface area contributed by atoms with Crippen LogP contribution in [0.15, 0.2) is 54.6 Å². The summed E-state index contributed by atoms with van der Waals surface area (Å²) in [6.07, 6.45) is -0.766. The van der Waals surface area contributed by atoms with Gasteiger partial charge in [0.25, 0.3) is 5.91 Å². The van der Waals surface area contributed by atoms with Gasteiger partial charge in [0, 0.05) is 37.2 Å². The fourth-order valence-corrected chi connectivity index (χ4v) is 8.32. The van der Waals surface area contributed by atoms with Crippen LogP contribution in [0.2, 0.25) is 18.6 Å². The van der Waals surface area contributed by atoms with Crippen molar-refractivity contribution >= 4 is 25.9 Å². The van der Waals surface area contributed by atoms with Gasteiger partial charge >= 0.3 is 0 Å². The first-order valence-electron chi connectivity index (χ1n) is 11.8. The van der Waals surface area contributed by atoms with Crippen LogP contribution in [0.3, 0.4) is 0 Å². The molecular formula is C26H33FN2O4Si. The zero-order chi connectivity index (χ0) is 24.7. The lowest BCUT2D eigenvalue weighted by molar-refractivity contribution is -0.149. The first-order chi connectivity index (χ1) is 16.1. The number of anilines is 1. The van der Waals surface area contributed by atoms with E-state index in [2.05, 4.69) is 0 Å². The number of amides is 2. The Morgan fingerprint density at radius 1 is 1.18 bits per heavy atom. The molecule has 4 atom stereocenters. The molecule has 2 aromatic carbocycles. The van der Waals surface area contributed by atoms with Crippen LogP contribution >= 0.6 is 0 Å². The molecule has 0 aromatic heterocycles. The van der Waals surface area contributed by atoms with Crippen molar-refractivity contribution in [1.29, 1.82) is 0 Å². The van der Waals surface area contributed by atoms with Gasteiger partial charge in [-0.3, -0.25) is 9.59 Å². The Labute approximate surface area is 201 Å². The van der Waals surface area contributed by atoms with Gasteiger partial charge in [0.15, 0.2) is 5.60 Å². The summed E-state index contributed by atoms with van der Waals surface area (Å²) in [7, 11) is -1.62. The predicted octanol–water partition coefficient (Wildman–Crippen LogP) is 3.85. The van der Waals surface area contributed by atoms with Crippen molar-refractivity contribution in [2.24, 2.45) is 5.92 Å². The van der Waals surface area contributed by atoms with Gasteiger partial charge in [-0.1, -0.05) is 55.5 Å². The van der Waals surface area contributed by atoms with Crippen molar-refractivity contribution in [3.63, 3.8) is 0 Å². The van der Waals surface area contributed by atoms with Gasteiger partial charge in [-0.15, -0.1) is 0 Å². The number of benzene rings is 2. The Bertz CT molecular complexity index is 1060. The van der Waals surface area contributed by atoms with Gasteiger partial charge in [-0.25, -0.2) is 0 Å². The topological polar surface area (TPSA) is 70.1 Å². The minimum atomic E-state index is -3.33. The lowest BCUT2D eigenvalue weighted by Gasteiger charge is -2.31. The average molecular weight is 485 g/mol. The molecule has 0 unspecified atom stereocenters. The molecular weight excluding hydrogens is 451 g/mol. The SMILES string of the molecule is C[C@H]1[C@H]([Si](C)(C)F)[C@@H](CC(=O)N(CCO)Cc2ccccc2)O[C@]12C(=O)N(C)c1ccccc12. The van der Waals surface area contributed by atoms with E-state index in [4.69, 9.17) is 4.74 Å². The van der Waals surface area contributed by atoms with Crippen molar-refractivity contribution < 1.29 is 23.5 Å². The van der Waals surface area contributed by atoms with Crippen molar-refractivity contribution in [3.8, 4) is 0 Å². The van der Waals surface area contributed by atoms with Crippen LogP contribution < -0.4 is 4.90 Å². The van der Waals surface area contributed by atoms with Crippen LogP contribution in [-0.4, -0.2) is 56.5 Å². The number of aliphatic hydroxyl groups excluding tert-OH is 1. The number of para-hydroxylation sites is 1. The van der Waals surface area contributed by atoms with Crippen molar-refractivity contribution in [3.05, 3.63) is 65.7 Å². The number of halogens is 1. The standard InChI is InChI=1S/C26H33FN2O4Si/c1-18-24(34(3,4)27)22(16-23(31)29(14-15-30)17-19-10-6-5-7-11-19)33-26(18)20-12-8-9-13-21(20)28(2)25(26)32/h5-13,18,22,24,30H,14-17H2,1-4H3/t18-,22+,24-,26+/m0/s1. The maximum Gasteiger partial charge on any atom is 0.264 e. The molecule has 0 aliphatic carbocycles. The van der Waals surface area contributed by atoms with E-state index in [1.807, 2.05) is 61.5 Å². The molecule has 1 saturated heterocycles. The molecule has 2 heterocycles. The number of carbonyl (C=O) groups excluding carboxylic acids is 2. The molecule has 4 rings (SSSR count). The molecule has 0 saturated carbocycles. The number of ether oxygens (including phenoxy) is 1. The molecule has 34 heavy (non-hydrogen) atoms. The van der Waals surface area contributed by atoms with E-state index >= 15 is 4.11 Å². The Hall–Kier alpha value is -2.55. The average Bonchev–Trinajstić information content (AvgIpc) is 3.21. The maximum absolute atomic E-state index is 15.7. The van der Waals surface area contributed by atoms with Crippen LogP contribution in [0.4, 0.5) is 9.80 Å². The fourth-order valence-electron chi connectivity index (χ4n) is 5.82. The number of likely N-dealkylation sites (N-methyl/N-ethyl adjacent to an activating group) is 1. The second-order valence-electron chi connectivity index (χ2n) is 9.88. The summed E-state index contributed by atoms with van der Waals surface area (Å²) in [6, 6.07) is 17.0. The van der Waals surface area contributed by atoms with E-state index in [0.29, 0.717) is 6.54 Å². The molecule has 2 aliphatic rings. The summed E-state index contributed by atoms with van der Waals surface area (Å²) in [6.45, 7) is 5.48. The number of carbonyl (C=O) groups is 2. The number of aliphatic hydroxyl groups is 1. The Balaban J connectivity index is 1.66. The quantitative estimate of drug-likeness (QED) is 0.479. The lowest BCUT2D eigenvalue weighted by Crippen LogP contribution is -2.44. The molecule has 0 radical (unpaired) electrons. The highest BCUT2D eigenvalue weighted by Crippen LogP contribution is 2.59. The monoisotopic (exact) mass is 484 g/mol. The van der Waals surface area contributed by atoms with E-state index in [1.165, 1.54) is 0 Å². The van der Waals surface area contributed by atoms with Gasteiger partial charge < -0.3 is 23.8 Å². The summed E-state index contributed by atoms with van der Waals surface area (Å²) in [5.74, 6) is -0.852. The van der Waals surface area contributed by atoms with Gasteiger partial charge in [0.1, 0.15) is 0 Å². The van der Waals surface area contributed by atoms with E-state index in [-0.39, 0.29) is 31.4 Å². The first kappa shape index (κ1) is 24.6. The molecule has 2 aliphatic heterocycles. The molecule has 182 valence electrons. The van der Waals surface area contributed by atoms with Crippen LogP contribution in [-0.2, 0) is 26.5 Å². The Kier molecular flexibility index (Phi) is 6.68. The van der Waals surface area contributed by atoms with E-state index in [1.54, 1.807) is 29.9 Å². The van der Waals surface area contributed by atoms with E-state index in [0.717, 1.165) is 16.8 Å². The van der Waals surface area contributed by atoms with Crippen molar-refractivity contribution in [1.82, 2.24) is 4.90 Å². The molecule has 2 aromatic rings. The Morgan fingerprint density at radius 3 is 2.47 bits per heavy atom. The third-order valence-electron chi connectivity index (χ3n) is 7.31. The van der Waals surface area contributed by atoms with Gasteiger partial charge in [-0.2, -0.15) is 0 Å². The Morgan fingerprint density at radius 2 is 1.82 bits per heavy atom. The number of rotatable bonds is 7. The molecule has 1 fully saturated rings. The molecule has 0 bridgehead atoms. The number of fused-ring (bicyclic) bond motifs is 2. The third-order valence-corrected chi connectivity index (χ3v) is 9.77. The number of hydrogen-bond donors (Lipinski definition) is 1. The first-order valence-corrected chi connectivity index (χ1v) is 14.7. The lowest BCUT2D eigenvalue weighted by atomic mass is 9.82. The summed E-state index contributed by atoms with van der Waals surface area (Å²) in [4.78, 5) is 30.1. The van der Waals surface area contributed by atoms with E-state index < -0.39 is 31.6 Å². The maximum atomic E-state index is 15.7. The molecule has 8 heteroatoms. The molecule has 2 amide bonds. The second-order valence-corrected chi connectivity index (χ2v) is 13.7. The highest BCUT2D eigenvalue weighted by Gasteiger charge is 2.66. The summed E-state index contributed by atoms with van der Waals surface area (Å²) < 4.78 is 22.3. The fraction of sp³-hybridized carbons (Fsp3) is 0.462. The van der Waals surface area contributed by atoms with Crippen molar-refractivity contribution in [2.75, 3.05) is 25.1 Å². The summed E-state index contributed by atoms with van der Waals surface area (Å²) in [5.41, 5.74) is 0.616. The van der Waals surface area contributed by atoms with Gasteiger partial charge in [0.05, 0.1) is 24.8 Å². The van der Waals surface area contributed by atoms with Gasteiger partial charge in [0.2, 0.25) is 14.3 Å². The predicted molar refractivity (Wildman–Crippen MR) is 131 cm³/mol. The summed E-state index contributed by atoms with van der Waals surface area (Å²) >= 11 is 0. The second kappa shape index (κ2) is 9.24. The number of nitrogens with zero attached hydrogens (tertiary/aromatic N) is 2. The highest BCUT2D eigenvalue weighted by molar-refractivity contribution is 6.72. The minimum absolute atomic E-state index is 0.0386. The molecule has 6 nitrogen and oxygen atoms in total. The van der Waals surface area contributed by atoms with Gasteiger partial charge in [-0.05, 0) is 24.7 Å². The van der Waals surface area contributed by atoms with Crippen LogP contribution in [0.25, 0.3) is 0 Å². The number of hydrogen-bond acceptors (Lipinski definition) is 4. The molecule has 1 N–H and O–H groups in total. The normalized spacial score (nSPS) is 26.2. The zero-order valence-electron chi connectivity index (χ0n) is 20.2. The summed E-state index contributed by atoms with van der Waals surface area (Å²) in [5, 5.41) is 9.56. The smallest absolute Gasteiger partial charge is 0.264 e. The van der Waals surface area contributed by atoms with E-state index in [9.17, 15) is 14.7 Å². The zero-order valence-corrected chi connectivity index (χ0v) is 21.2.